The Hall–Kier alpha value is -3.90. The molecule has 8 aromatic carbocycles. The molecule has 0 N–H and O–H groups in total. The van der Waals surface area contributed by atoms with Crippen LogP contribution in [0.5, 0.6) is 0 Å². The minimum atomic E-state index is 0.0366. The van der Waals surface area contributed by atoms with Gasteiger partial charge in [0.05, 0.1) is 0 Å². The van der Waals surface area contributed by atoms with Crippen LogP contribution in [0.2, 0.25) is 0 Å². The predicted octanol–water partition coefficient (Wildman–Crippen LogP) is 10.7. The van der Waals surface area contributed by atoms with Crippen LogP contribution < -0.4 is 0 Å². The van der Waals surface area contributed by atoms with E-state index in [9.17, 15) is 0 Å². The highest BCUT2D eigenvalue weighted by molar-refractivity contribution is 6.54. The molecule has 8 aliphatic rings. The van der Waals surface area contributed by atoms with Crippen LogP contribution in [0.1, 0.15) is 84.7 Å². The Morgan fingerprint density at radius 1 is 0.452 bits per heavy atom. The molecule has 0 aromatic heterocycles. The van der Waals surface area contributed by atoms with Crippen LogP contribution in [0.15, 0.2) is 47.5 Å². The van der Waals surface area contributed by atoms with Crippen LogP contribution in [0, 0.1) is 17.3 Å². The number of rotatable bonds is 0. The van der Waals surface area contributed by atoms with E-state index >= 15 is 0 Å². The number of benzene rings is 6. The summed E-state index contributed by atoms with van der Waals surface area (Å²) in [6, 6.07) is 15.3. The molecule has 8 aromatic rings. The predicted molar refractivity (Wildman–Crippen MR) is 173 cm³/mol. The third kappa shape index (κ3) is 1.18. The molecule has 0 bridgehead atoms. The van der Waals surface area contributed by atoms with Gasteiger partial charge in [-0.3, -0.25) is 0 Å². The molecule has 4 atom stereocenters. The Morgan fingerprint density at radius 3 is 1.36 bits per heavy atom. The smallest absolute Gasteiger partial charge is 0.0328 e. The topological polar surface area (TPSA) is 0 Å². The molecule has 0 amide bonds. The van der Waals surface area contributed by atoms with E-state index < -0.39 is 0 Å². The van der Waals surface area contributed by atoms with Crippen molar-refractivity contribution in [2.45, 2.75) is 56.8 Å². The number of hydrogen-bond donors (Lipinski definition) is 0. The fourth-order valence-electron chi connectivity index (χ4n) is 15.1. The maximum absolute atomic E-state index is 2.79. The summed E-state index contributed by atoms with van der Waals surface area (Å²) in [6.07, 6.45) is 5.48. The number of hydrogen-bond acceptors (Lipinski definition) is 0. The average molecular weight is 529 g/mol. The van der Waals surface area contributed by atoms with Crippen molar-refractivity contribution >= 4 is 86.6 Å². The van der Waals surface area contributed by atoms with Crippen LogP contribution in [0.25, 0.3) is 86.6 Å². The zero-order chi connectivity index (χ0) is 26.2. The highest BCUT2D eigenvalue weighted by atomic mass is 14.7. The van der Waals surface area contributed by atoms with E-state index in [0.717, 1.165) is 11.8 Å². The van der Waals surface area contributed by atoms with Gasteiger partial charge in [-0.15, -0.1) is 0 Å². The standard InChI is InChI=1S/C42H24/c1-41-37-21-11-9-19-17-7-5-15-13-3-4-14-16-6-8-18-20-10-12-22(21)38(41)30(20)34-28(18)26(16)32-24(14)23(13)31-25(15)27(17)33(29(19)37)39-35(31)36(32)40(34)42(39,41)2/h3-8,19-22H,9-12H2,1-2H3. The molecule has 8 aliphatic carbocycles. The van der Waals surface area contributed by atoms with Gasteiger partial charge in [-0.1, -0.05) is 61.4 Å². The number of allylic oxidation sites excluding steroid dienone is 4. The lowest BCUT2D eigenvalue weighted by Gasteiger charge is -2.55. The van der Waals surface area contributed by atoms with Gasteiger partial charge >= 0.3 is 0 Å². The van der Waals surface area contributed by atoms with Crippen molar-refractivity contribution in [2.24, 2.45) is 17.3 Å². The summed E-state index contributed by atoms with van der Waals surface area (Å²) >= 11 is 0. The minimum absolute atomic E-state index is 0.0366. The second-order valence-corrected chi connectivity index (χ2v) is 16.2. The molecule has 42 heavy (non-hydrogen) atoms. The van der Waals surface area contributed by atoms with E-state index in [1.807, 2.05) is 22.3 Å². The second kappa shape index (κ2) is 4.64. The van der Waals surface area contributed by atoms with Crippen molar-refractivity contribution in [3.05, 3.63) is 80.9 Å². The van der Waals surface area contributed by atoms with Crippen molar-refractivity contribution in [3.63, 3.8) is 0 Å². The van der Waals surface area contributed by atoms with Crippen LogP contribution in [0.4, 0.5) is 0 Å². The zero-order valence-corrected chi connectivity index (χ0v) is 23.6. The van der Waals surface area contributed by atoms with Gasteiger partial charge in [0, 0.05) is 22.7 Å². The first-order valence-corrected chi connectivity index (χ1v) is 16.7. The normalized spacial score (nSPS) is 35.0. The summed E-state index contributed by atoms with van der Waals surface area (Å²) in [5.41, 5.74) is 18.1. The van der Waals surface area contributed by atoms with E-state index in [2.05, 4.69) is 50.2 Å². The van der Waals surface area contributed by atoms with E-state index in [1.54, 1.807) is 87.2 Å². The van der Waals surface area contributed by atoms with Crippen LogP contribution in [-0.2, 0) is 5.41 Å². The molecule has 0 saturated heterocycles. The zero-order valence-electron chi connectivity index (χ0n) is 23.6. The largest absolute Gasteiger partial charge is 0.0571 e. The Morgan fingerprint density at radius 2 is 0.881 bits per heavy atom. The third-order valence-electron chi connectivity index (χ3n) is 15.9. The molecule has 0 heteroatoms. The lowest BCUT2D eigenvalue weighted by molar-refractivity contribution is 0.295. The van der Waals surface area contributed by atoms with Gasteiger partial charge in [0.25, 0.3) is 0 Å². The van der Waals surface area contributed by atoms with Gasteiger partial charge in [-0.25, -0.2) is 0 Å². The molecule has 192 valence electrons. The van der Waals surface area contributed by atoms with E-state index in [1.165, 1.54) is 47.2 Å². The lowest BCUT2D eigenvalue weighted by Crippen LogP contribution is -2.48. The first-order valence-electron chi connectivity index (χ1n) is 16.7. The molecule has 0 heterocycles. The number of fused-ring (bicyclic) bond motifs is 5. The molecular formula is C42H24. The van der Waals surface area contributed by atoms with Crippen molar-refractivity contribution in [2.75, 3.05) is 0 Å². The second-order valence-electron chi connectivity index (χ2n) is 16.2. The summed E-state index contributed by atoms with van der Waals surface area (Å²) < 4.78 is 0. The van der Waals surface area contributed by atoms with Crippen LogP contribution >= 0.6 is 0 Å². The fraction of sp³-hybridized carbons (Fsp3) is 0.286. The monoisotopic (exact) mass is 528 g/mol. The Balaban J connectivity index is 1.42. The van der Waals surface area contributed by atoms with Gasteiger partial charge in [-0.05, 0) is 157 Å². The summed E-state index contributed by atoms with van der Waals surface area (Å²) in [5.74, 6) is 2.73. The molecule has 0 nitrogen and oxygen atoms in total. The molecule has 0 aliphatic heterocycles. The molecular weight excluding hydrogens is 504 g/mol. The summed E-state index contributed by atoms with van der Waals surface area (Å²) in [6.45, 7) is 5.56. The quantitative estimate of drug-likeness (QED) is 0.172. The van der Waals surface area contributed by atoms with Crippen molar-refractivity contribution < 1.29 is 0 Å². The van der Waals surface area contributed by atoms with Crippen LogP contribution in [-0.4, -0.2) is 0 Å². The van der Waals surface area contributed by atoms with Gasteiger partial charge in [0.15, 0.2) is 0 Å². The molecule has 1 saturated carbocycles. The van der Waals surface area contributed by atoms with Gasteiger partial charge in [-0.2, -0.15) is 0 Å². The Kier molecular flexibility index (Phi) is 2.05. The maximum Gasteiger partial charge on any atom is 0.0328 e. The summed E-state index contributed by atoms with van der Waals surface area (Å²) in [7, 11) is 0. The summed E-state index contributed by atoms with van der Waals surface area (Å²) in [5, 5.41) is 22.6. The van der Waals surface area contributed by atoms with Crippen molar-refractivity contribution in [1.29, 1.82) is 0 Å². The van der Waals surface area contributed by atoms with Crippen molar-refractivity contribution in [3.8, 4) is 0 Å². The van der Waals surface area contributed by atoms with E-state index in [0.29, 0.717) is 11.8 Å². The summed E-state index contributed by atoms with van der Waals surface area (Å²) in [4.78, 5) is 0. The Bertz CT molecular complexity index is 2740. The minimum Gasteiger partial charge on any atom is -0.0571 e. The highest BCUT2D eigenvalue weighted by Crippen LogP contribution is 2.84. The molecule has 0 spiro atoms. The third-order valence-corrected chi connectivity index (χ3v) is 15.9. The molecule has 16 rings (SSSR count). The Labute approximate surface area is 241 Å². The lowest BCUT2D eigenvalue weighted by atomic mass is 9.47. The first-order chi connectivity index (χ1) is 20.7. The fourth-order valence-corrected chi connectivity index (χ4v) is 15.1. The van der Waals surface area contributed by atoms with Gasteiger partial charge < -0.3 is 0 Å². The van der Waals surface area contributed by atoms with Gasteiger partial charge in [0.1, 0.15) is 0 Å². The molecule has 0 radical (unpaired) electrons. The molecule has 4 unspecified atom stereocenters. The average Bonchev–Trinajstić information content (AvgIpc) is 3.80. The van der Waals surface area contributed by atoms with E-state index in [-0.39, 0.29) is 10.8 Å². The molecule has 1 fully saturated rings. The maximum atomic E-state index is 2.79. The van der Waals surface area contributed by atoms with Crippen molar-refractivity contribution in [1.82, 2.24) is 0 Å². The first kappa shape index (κ1) is 18.6. The highest BCUT2D eigenvalue weighted by Gasteiger charge is 2.72. The van der Waals surface area contributed by atoms with E-state index in [4.69, 9.17) is 0 Å². The van der Waals surface area contributed by atoms with Gasteiger partial charge in [0.2, 0.25) is 0 Å². The SMILES string of the molecule is CC12C3=C4c5c6c7c8c(c9c%10c%11ccc%12c%13ccc%14c%15ccc(c5c%15c7c%14c%13c8c%10%12)C4CCC3C3CCC%11C9=C31)C62C. The van der Waals surface area contributed by atoms with Crippen LogP contribution in [0.3, 0.4) is 0 Å².